The minimum absolute atomic E-state index is 0.349. The first-order valence-corrected chi connectivity index (χ1v) is 4.60. The van der Waals surface area contributed by atoms with Gasteiger partial charge < -0.3 is 0 Å². The van der Waals surface area contributed by atoms with E-state index in [0.29, 0.717) is 12.0 Å². The molecule has 4 heteroatoms. The molecule has 1 aromatic rings. The van der Waals surface area contributed by atoms with Gasteiger partial charge in [0.2, 0.25) is 0 Å². The van der Waals surface area contributed by atoms with Crippen LogP contribution in [0.4, 0.5) is 8.78 Å². The number of halogens is 2. The van der Waals surface area contributed by atoms with Crippen molar-refractivity contribution in [2.45, 2.75) is 19.4 Å². The number of hydrazine groups is 1. The Morgan fingerprint density at radius 3 is 2.67 bits per heavy atom. The highest BCUT2D eigenvalue weighted by Crippen LogP contribution is 2.22. The molecule has 0 spiro atoms. The lowest BCUT2D eigenvalue weighted by atomic mass is 10.0. The molecule has 1 aromatic carbocycles. The van der Waals surface area contributed by atoms with Gasteiger partial charge >= 0.3 is 0 Å². The maximum absolute atomic E-state index is 13.4. The Balaban J connectivity index is 2.96. The van der Waals surface area contributed by atoms with Gasteiger partial charge in [-0.1, -0.05) is 11.6 Å². The average Bonchev–Trinajstić information content (AvgIpc) is 2.14. The van der Waals surface area contributed by atoms with E-state index in [1.165, 1.54) is 12.1 Å². The van der Waals surface area contributed by atoms with Gasteiger partial charge in [-0.3, -0.25) is 11.3 Å². The van der Waals surface area contributed by atoms with Crippen LogP contribution in [-0.2, 0) is 0 Å². The van der Waals surface area contributed by atoms with Crippen molar-refractivity contribution in [3.63, 3.8) is 0 Å². The number of nitrogens with two attached hydrogens (primary N) is 1. The van der Waals surface area contributed by atoms with Crippen LogP contribution in [-0.4, -0.2) is 0 Å². The minimum Gasteiger partial charge on any atom is -0.271 e. The van der Waals surface area contributed by atoms with Gasteiger partial charge in [-0.25, -0.2) is 8.78 Å². The molecule has 0 fully saturated rings. The van der Waals surface area contributed by atoms with E-state index in [-0.39, 0.29) is 6.04 Å². The van der Waals surface area contributed by atoms with E-state index in [0.717, 1.165) is 11.6 Å². The fourth-order valence-corrected chi connectivity index (χ4v) is 1.39. The number of rotatable bonds is 4. The van der Waals surface area contributed by atoms with Crippen LogP contribution in [0.15, 0.2) is 30.4 Å². The fourth-order valence-electron chi connectivity index (χ4n) is 1.39. The average molecular weight is 212 g/mol. The largest absolute Gasteiger partial charge is 0.271 e. The summed E-state index contributed by atoms with van der Waals surface area (Å²) in [5.41, 5.74) is 3.71. The van der Waals surface area contributed by atoms with E-state index in [1.807, 2.05) is 6.92 Å². The molecule has 82 valence electrons. The van der Waals surface area contributed by atoms with Gasteiger partial charge in [0, 0.05) is 11.6 Å². The molecule has 0 radical (unpaired) electrons. The molecule has 0 aliphatic rings. The highest BCUT2D eigenvalue weighted by Gasteiger charge is 2.14. The number of benzene rings is 1. The second-order valence-corrected chi connectivity index (χ2v) is 3.55. The molecule has 0 saturated carbocycles. The maximum atomic E-state index is 13.4. The van der Waals surface area contributed by atoms with Gasteiger partial charge in [0.15, 0.2) is 0 Å². The van der Waals surface area contributed by atoms with Crippen LogP contribution in [0.5, 0.6) is 0 Å². The quantitative estimate of drug-likeness (QED) is 0.457. The van der Waals surface area contributed by atoms with Crippen LogP contribution >= 0.6 is 0 Å². The van der Waals surface area contributed by atoms with Crippen molar-refractivity contribution in [2.24, 2.45) is 5.84 Å². The molecule has 1 rings (SSSR count). The van der Waals surface area contributed by atoms with Crippen molar-refractivity contribution in [1.29, 1.82) is 0 Å². The summed E-state index contributed by atoms with van der Waals surface area (Å²) >= 11 is 0. The molecule has 1 unspecified atom stereocenters. The molecular weight excluding hydrogens is 198 g/mol. The van der Waals surface area contributed by atoms with E-state index in [9.17, 15) is 8.78 Å². The van der Waals surface area contributed by atoms with Gasteiger partial charge in [0.05, 0.1) is 6.04 Å². The summed E-state index contributed by atoms with van der Waals surface area (Å²) in [7, 11) is 0. The first-order valence-electron chi connectivity index (χ1n) is 4.60. The Kier molecular flexibility index (Phi) is 3.94. The molecule has 0 amide bonds. The van der Waals surface area contributed by atoms with Crippen LogP contribution in [0.1, 0.15) is 24.9 Å². The smallest absolute Gasteiger partial charge is 0.130 e. The zero-order valence-corrected chi connectivity index (χ0v) is 8.56. The zero-order chi connectivity index (χ0) is 11.4. The van der Waals surface area contributed by atoms with Gasteiger partial charge in [0.25, 0.3) is 0 Å². The van der Waals surface area contributed by atoms with Gasteiger partial charge in [-0.2, -0.15) is 0 Å². The zero-order valence-electron chi connectivity index (χ0n) is 8.56. The van der Waals surface area contributed by atoms with Crippen molar-refractivity contribution in [3.8, 4) is 0 Å². The van der Waals surface area contributed by atoms with Gasteiger partial charge in [-0.15, -0.1) is 6.58 Å². The highest BCUT2D eigenvalue weighted by atomic mass is 19.1. The van der Waals surface area contributed by atoms with Crippen LogP contribution in [0.25, 0.3) is 0 Å². The lowest BCUT2D eigenvalue weighted by Crippen LogP contribution is -2.28. The minimum atomic E-state index is -0.598. The molecular formula is C11H14F2N2. The molecule has 0 aromatic heterocycles. The highest BCUT2D eigenvalue weighted by molar-refractivity contribution is 5.23. The summed E-state index contributed by atoms with van der Waals surface area (Å²) in [5.74, 6) is 4.12. The molecule has 15 heavy (non-hydrogen) atoms. The first kappa shape index (κ1) is 11.8. The molecule has 0 aliphatic heterocycles. The van der Waals surface area contributed by atoms with E-state index in [4.69, 9.17) is 5.84 Å². The van der Waals surface area contributed by atoms with Crippen molar-refractivity contribution in [1.82, 2.24) is 5.43 Å². The van der Waals surface area contributed by atoms with Gasteiger partial charge in [-0.05, 0) is 19.4 Å². The predicted octanol–water partition coefficient (Wildman–Crippen LogP) is 2.44. The third-order valence-corrected chi connectivity index (χ3v) is 2.09. The molecule has 2 nitrogen and oxygen atoms in total. The molecule has 0 heterocycles. The molecule has 0 aliphatic carbocycles. The van der Waals surface area contributed by atoms with Crippen molar-refractivity contribution >= 4 is 0 Å². The molecule has 0 bridgehead atoms. The van der Waals surface area contributed by atoms with Crippen LogP contribution in [0, 0.1) is 11.6 Å². The molecule has 0 saturated heterocycles. The Bertz CT molecular complexity index is 364. The molecule has 3 N–H and O–H groups in total. The number of hydrogen-bond acceptors (Lipinski definition) is 2. The van der Waals surface area contributed by atoms with Crippen molar-refractivity contribution < 1.29 is 8.78 Å². The SMILES string of the molecule is C=C(C)CC(NN)c1ccc(F)cc1F. The second kappa shape index (κ2) is 5.00. The summed E-state index contributed by atoms with van der Waals surface area (Å²) in [6, 6.07) is 3.07. The van der Waals surface area contributed by atoms with Gasteiger partial charge in [0.1, 0.15) is 11.6 Å². The predicted molar refractivity (Wildman–Crippen MR) is 55.9 cm³/mol. The second-order valence-electron chi connectivity index (χ2n) is 3.55. The third kappa shape index (κ3) is 3.11. The molecule has 1 atom stereocenters. The van der Waals surface area contributed by atoms with E-state index >= 15 is 0 Å². The van der Waals surface area contributed by atoms with Crippen LogP contribution in [0.2, 0.25) is 0 Å². The first-order chi connectivity index (χ1) is 7.04. The summed E-state index contributed by atoms with van der Waals surface area (Å²) in [5, 5.41) is 0. The lowest BCUT2D eigenvalue weighted by molar-refractivity contribution is 0.501. The summed E-state index contributed by atoms with van der Waals surface area (Å²) < 4.78 is 26.0. The lowest BCUT2D eigenvalue weighted by Gasteiger charge is -2.16. The normalized spacial score (nSPS) is 12.5. The summed E-state index contributed by atoms with van der Waals surface area (Å²) in [4.78, 5) is 0. The Labute approximate surface area is 87.8 Å². The summed E-state index contributed by atoms with van der Waals surface area (Å²) in [6.07, 6.45) is 0.513. The monoisotopic (exact) mass is 212 g/mol. The van der Waals surface area contributed by atoms with Crippen molar-refractivity contribution in [2.75, 3.05) is 0 Å². The Morgan fingerprint density at radius 2 is 2.20 bits per heavy atom. The van der Waals surface area contributed by atoms with E-state index in [1.54, 1.807) is 0 Å². The Morgan fingerprint density at radius 1 is 1.53 bits per heavy atom. The maximum Gasteiger partial charge on any atom is 0.130 e. The van der Waals surface area contributed by atoms with Crippen molar-refractivity contribution in [3.05, 3.63) is 47.5 Å². The number of nitrogens with one attached hydrogen (secondary N) is 1. The third-order valence-electron chi connectivity index (χ3n) is 2.09. The van der Waals surface area contributed by atoms with E-state index < -0.39 is 11.6 Å². The standard InChI is InChI=1S/C11H14F2N2/c1-7(2)5-11(15-14)9-4-3-8(12)6-10(9)13/h3-4,6,11,15H,1,5,14H2,2H3. The fraction of sp³-hybridized carbons (Fsp3) is 0.273. The summed E-state index contributed by atoms with van der Waals surface area (Å²) in [6.45, 7) is 5.55. The number of hydrogen-bond donors (Lipinski definition) is 2. The topological polar surface area (TPSA) is 38.0 Å². The Hall–Kier alpha value is -1.26. The van der Waals surface area contributed by atoms with Crippen LogP contribution < -0.4 is 11.3 Å². The van der Waals surface area contributed by atoms with E-state index in [2.05, 4.69) is 12.0 Å². The van der Waals surface area contributed by atoms with Crippen LogP contribution in [0.3, 0.4) is 0 Å².